The van der Waals surface area contributed by atoms with Crippen molar-refractivity contribution in [3.8, 4) is 11.8 Å². The van der Waals surface area contributed by atoms with Gasteiger partial charge in [-0.1, -0.05) is 42.5 Å². The zero-order valence-corrected chi connectivity index (χ0v) is 19.6. The van der Waals surface area contributed by atoms with Crippen LogP contribution in [0.15, 0.2) is 60.8 Å². The number of benzene rings is 2. The van der Waals surface area contributed by atoms with Gasteiger partial charge in [0.05, 0.1) is 31.3 Å². The number of nitriles is 1. The number of aromatic nitrogens is 1. The highest BCUT2D eigenvalue weighted by molar-refractivity contribution is 6.07. The number of carbonyl (C=O) groups is 2. The van der Waals surface area contributed by atoms with Crippen LogP contribution in [0.2, 0.25) is 0 Å². The predicted molar refractivity (Wildman–Crippen MR) is 130 cm³/mol. The molecule has 0 saturated carbocycles. The summed E-state index contributed by atoms with van der Waals surface area (Å²) in [5, 5.41) is 12.1. The maximum atomic E-state index is 13.6. The standard InChI is InChI=1S/C27H26F2N4O3/c28-27(29)15-20(16-30)33(18-27)24(34)17-32-26(35)22-12-13-31-25-21(22)10-6-11-23(25)36-14-5-4-9-19-7-2-1-3-8-19/h1-3,6-8,10-13,20H,4-5,9,14-15,17-18H2,(H,32,35)/t20-/m0/s1. The lowest BCUT2D eigenvalue weighted by atomic mass is 10.1. The van der Waals surface area contributed by atoms with E-state index in [0.29, 0.717) is 23.3 Å². The zero-order chi connectivity index (χ0) is 25.5. The number of likely N-dealkylation sites (tertiary alicyclic amines) is 1. The number of para-hydroxylation sites is 1. The van der Waals surface area contributed by atoms with Gasteiger partial charge in [-0.2, -0.15) is 5.26 Å². The molecule has 0 bridgehead atoms. The maximum Gasteiger partial charge on any atom is 0.268 e. The van der Waals surface area contributed by atoms with Gasteiger partial charge in [0.1, 0.15) is 17.3 Å². The van der Waals surface area contributed by atoms with Crippen molar-refractivity contribution >= 4 is 22.7 Å². The third kappa shape index (κ3) is 5.95. The second kappa shape index (κ2) is 11.1. The van der Waals surface area contributed by atoms with Crippen LogP contribution in [0.5, 0.6) is 5.75 Å². The molecule has 1 aliphatic heterocycles. The molecule has 0 aliphatic carbocycles. The van der Waals surface area contributed by atoms with Crippen LogP contribution < -0.4 is 10.1 Å². The highest BCUT2D eigenvalue weighted by atomic mass is 19.3. The summed E-state index contributed by atoms with van der Waals surface area (Å²) in [7, 11) is 0. The molecule has 2 amide bonds. The summed E-state index contributed by atoms with van der Waals surface area (Å²) in [5.74, 6) is -3.84. The minimum Gasteiger partial charge on any atom is -0.491 e. The minimum atomic E-state index is -3.11. The van der Waals surface area contributed by atoms with Crippen LogP contribution in [-0.2, 0) is 11.2 Å². The van der Waals surface area contributed by atoms with E-state index < -0.39 is 43.3 Å². The van der Waals surface area contributed by atoms with Gasteiger partial charge in [-0.05, 0) is 37.0 Å². The van der Waals surface area contributed by atoms with Gasteiger partial charge in [0.25, 0.3) is 11.8 Å². The zero-order valence-electron chi connectivity index (χ0n) is 19.6. The molecule has 186 valence electrons. The van der Waals surface area contributed by atoms with Crippen LogP contribution in [0.3, 0.4) is 0 Å². The number of rotatable bonds is 9. The lowest BCUT2D eigenvalue weighted by Crippen LogP contribution is -2.43. The number of hydrogen-bond acceptors (Lipinski definition) is 5. The van der Waals surface area contributed by atoms with E-state index in [1.165, 1.54) is 17.8 Å². The SMILES string of the molecule is N#C[C@@H]1CC(F)(F)CN1C(=O)CNC(=O)c1ccnc2c(OCCCCc3ccccc3)cccc12. The van der Waals surface area contributed by atoms with Gasteiger partial charge in [-0.3, -0.25) is 14.6 Å². The normalized spacial score (nSPS) is 16.5. The van der Waals surface area contributed by atoms with Gasteiger partial charge in [-0.15, -0.1) is 0 Å². The summed E-state index contributed by atoms with van der Waals surface area (Å²) in [6.07, 6.45) is 3.57. The van der Waals surface area contributed by atoms with Crippen LogP contribution in [0.25, 0.3) is 10.9 Å². The molecule has 4 rings (SSSR count). The first-order valence-corrected chi connectivity index (χ1v) is 11.8. The van der Waals surface area contributed by atoms with Crippen molar-refractivity contribution in [1.82, 2.24) is 15.2 Å². The van der Waals surface area contributed by atoms with Crippen LogP contribution in [0.1, 0.15) is 35.2 Å². The molecular weight excluding hydrogens is 466 g/mol. The Morgan fingerprint density at radius 2 is 1.94 bits per heavy atom. The summed E-state index contributed by atoms with van der Waals surface area (Å²) >= 11 is 0. The number of nitrogens with one attached hydrogen (secondary N) is 1. The van der Waals surface area contributed by atoms with E-state index in [4.69, 9.17) is 10.00 Å². The van der Waals surface area contributed by atoms with Crippen molar-refractivity contribution in [2.45, 2.75) is 37.6 Å². The largest absolute Gasteiger partial charge is 0.491 e. The summed E-state index contributed by atoms with van der Waals surface area (Å²) < 4.78 is 33.2. The fourth-order valence-corrected chi connectivity index (χ4v) is 4.27. The average molecular weight is 493 g/mol. The van der Waals surface area contributed by atoms with Gasteiger partial charge in [-0.25, -0.2) is 8.78 Å². The molecule has 0 unspecified atom stereocenters. The highest BCUT2D eigenvalue weighted by Crippen LogP contribution is 2.31. The Balaban J connectivity index is 1.36. The van der Waals surface area contributed by atoms with Crippen LogP contribution in [0, 0.1) is 11.3 Å². The number of aryl methyl sites for hydroxylation is 1. The fraction of sp³-hybridized carbons (Fsp3) is 0.333. The van der Waals surface area contributed by atoms with Crippen molar-refractivity contribution in [2.24, 2.45) is 0 Å². The molecule has 1 aliphatic rings. The first kappa shape index (κ1) is 25.0. The van der Waals surface area contributed by atoms with E-state index in [9.17, 15) is 18.4 Å². The second-order valence-corrected chi connectivity index (χ2v) is 8.71. The number of unbranched alkanes of at least 4 members (excludes halogenated alkanes) is 1. The Labute approximate surface area is 207 Å². The molecule has 1 atom stereocenters. The molecule has 2 aromatic carbocycles. The molecule has 9 heteroatoms. The lowest BCUT2D eigenvalue weighted by Gasteiger charge is -2.19. The Bertz CT molecular complexity index is 1280. The smallest absolute Gasteiger partial charge is 0.268 e. The Kier molecular flexibility index (Phi) is 7.74. The Hall–Kier alpha value is -4.06. The number of alkyl halides is 2. The van der Waals surface area contributed by atoms with E-state index in [-0.39, 0.29) is 5.56 Å². The molecule has 0 radical (unpaired) electrons. The van der Waals surface area contributed by atoms with E-state index in [0.717, 1.165) is 24.2 Å². The van der Waals surface area contributed by atoms with Crippen LogP contribution in [0.4, 0.5) is 8.78 Å². The van der Waals surface area contributed by atoms with Crippen molar-refractivity contribution in [3.05, 3.63) is 71.9 Å². The Morgan fingerprint density at radius 1 is 1.14 bits per heavy atom. The average Bonchev–Trinajstić information content (AvgIpc) is 3.21. The number of amides is 2. The number of halogens is 2. The fourth-order valence-electron chi connectivity index (χ4n) is 4.27. The molecule has 2 heterocycles. The van der Waals surface area contributed by atoms with Crippen molar-refractivity contribution in [2.75, 3.05) is 19.7 Å². The van der Waals surface area contributed by atoms with Crippen LogP contribution >= 0.6 is 0 Å². The molecule has 1 aromatic heterocycles. The van der Waals surface area contributed by atoms with E-state index in [1.54, 1.807) is 24.3 Å². The Morgan fingerprint density at radius 3 is 2.72 bits per heavy atom. The van der Waals surface area contributed by atoms with Crippen LogP contribution in [-0.4, -0.2) is 53.4 Å². The third-order valence-electron chi connectivity index (χ3n) is 6.08. The number of ether oxygens (including phenoxy) is 1. The number of pyridine rings is 1. The molecule has 7 nitrogen and oxygen atoms in total. The summed E-state index contributed by atoms with van der Waals surface area (Å²) in [5.41, 5.74) is 2.08. The number of carbonyl (C=O) groups excluding carboxylic acids is 2. The van der Waals surface area contributed by atoms with Crippen molar-refractivity contribution in [1.29, 1.82) is 5.26 Å². The van der Waals surface area contributed by atoms with Gasteiger partial charge < -0.3 is 15.0 Å². The topological polar surface area (TPSA) is 95.3 Å². The summed E-state index contributed by atoms with van der Waals surface area (Å²) in [4.78, 5) is 30.4. The first-order valence-electron chi connectivity index (χ1n) is 11.8. The number of nitrogens with zero attached hydrogens (tertiary/aromatic N) is 3. The predicted octanol–water partition coefficient (Wildman–Crippen LogP) is 4.13. The van der Waals surface area contributed by atoms with Gasteiger partial charge in [0.15, 0.2) is 0 Å². The molecule has 1 fully saturated rings. The van der Waals surface area contributed by atoms with Gasteiger partial charge in [0, 0.05) is 18.0 Å². The van der Waals surface area contributed by atoms with Gasteiger partial charge in [0.2, 0.25) is 5.91 Å². The van der Waals surface area contributed by atoms with E-state index in [2.05, 4.69) is 22.4 Å². The second-order valence-electron chi connectivity index (χ2n) is 8.71. The molecule has 1 N–H and O–H groups in total. The van der Waals surface area contributed by atoms with E-state index >= 15 is 0 Å². The quantitative estimate of drug-likeness (QED) is 0.454. The number of fused-ring (bicyclic) bond motifs is 1. The molecular formula is C27H26F2N4O3. The maximum absolute atomic E-state index is 13.6. The lowest BCUT2D eigenvalue weighted by molar-refractivity contribution is -0.131. The van der Waals surface area contributed by atoms with E-state index in [1.807, 2.05) is 18.2 Å². The summed E-state index contributed by atoms with van der Waals surface area (Å²) in [6.45, 7) is -0.822. The van der Waals surface area contributed by atoms with Crippen molar-refractivity contribution < 1.29 is 23.1 Å². The molecule has 0 spiro atoms. The number of hydrogen-bond donors (Lipinski definition) is 1. The van der Waals surface area contributed by atoms with Gasteiger partial charge >= 0.3 is 0 Å². The monoisotopic (exact) mass is 492 g/mol. The highest BCUT2D eigenvalue weighted by Gasteiger charge is 2.47. The molecule has 36 heavy (non-hydrogen) atoms. The molecule has 1 saturated heterocycles. The summed E-state index contributed by atoms with van der Waals surface area (Å²) in [6, 6.07) is 17.5. The minimum absolute atomic E-state index is 0.283. The van der Waals surface area contributed by atoms with Crippen molar-refractivity contribution in [3.63, 3.8) is 0 Å². The third-order valence-corrected chi connectivity index (χ3v) is 6.08. The molecule has 3 aromatic rings. The first-order chi connectivity index (χ1) is 17.4.